The highest BCUT2D eigenvalue weighted by molar-refractivity contribution is 6.00. The lowest BCUT2D eigenvalue weighted by Crippen LogP contribution is -2.45. The van der Waals surface area contributed by atoms with E-state index in [1.165, 1.54) is 14.2 Å². The zero-order valence-corrected chi connectivity index (χ0v) is 13.4. The first kappa shape index (κ1) is 16.9. The fourth-order valence-electron chi connectivity index (χ4n) is 2.02. The summed E-state index contributed by atoms with van der Waals surface area (Å²) < 4.78 is 10.4. The predicted octanol–water partition coefficient (Wildman–Crippen LogP) is 2.71. The first-order valence-corrected chi connectivity index (χ1v) is 6.70. The van der Waals surface area contributed by atoms with Gasteiger partial charge in [-0.25, -0.2) is 0 Å². The van der Waals surface area contributed by atoms with Gasteiger partial charge in [0.15, 0.2) is 11.5 Å². The van der Waals surface area contributed by atoms with Crippen molar-refractivity contribution >= 4 is 11.6 Å². The first-order chi connectivity index (χ1) is 9.76. The second kappa shape index (κ2) is 6.52. The van der Waals surface area contributed by atoms with Crippen molar-refractivity contribution in [3.8, 4) is 11.5 Å². The number of hydrogen-bond donors (Lipinski definition) is 1. The van der Waals surface area contributed by atoms with Gasteiger partial charge in [-0.05, 0) is 26.8 Å². The van der Waals surface area contributed by atoms with E-state index in [9.17, 15) is 4.79 Å². The number of carbonyl (C=O) groups is 1. The fraction of sp³-hybridized carbons (Fsp3) is 0.438. The lowest BCUT2D eigenvalue weighted by atomic mass is 10.0. The van der Waals surface area contributed by atoms with E-state index in [0.29, 0.717) is 29.3 Å². The standard InChI is InChI=1S/C16H24N2O3/c1-7-8-18(16(2,3)4)15(19)11-9-13(20-5)14(21-6)10-12(11)17/h7,9-10H,1,8,17H2,2-6H3. The molecule has 5 nitrogen and oxygen atoms in total. The van der Waals surface area contributed by atoms with Gasteiger partial charge >= 0.3 is 0 Å². The Balaban J connectivity index is 3.31. The molecular formula is C16H24N2O3. The van der Waals surface area contributed by atoms with Crippen LogP contribution in [-0.2, 0) is 0 Å². The minimum Gasteiger partial charge on any atom is -0.493 e. The summed E-state index contributed by atoms with van der Waals surface area (Å²) in [5.41, 5.74) is 6.40. The molecule has 0 fully saturated rings. The summed E-state index contributed by atoms with van der Waals surface area (Å²) >= 11 is 0. The van der Waals surface area contributed by atoms with Crippen molar-refractivity contribution in [1.29, 1.82) is 0 Å². The van der Waals surface area contributed by atoms with Crippen LogP contribution < -0.4 is 15.2 Å². The molecule has 1 rings (SSSR count). The van der Waals surface area contributed by atoms with Crippen molar-refractivity contribution in [2.45, 2.75) is 26.3 Å². The summed E-state index contributed by atoms with van der Waals surface area (Å²) in [5, 5.41) is 0. The number of carbonyl (C=O) groups excluding carboxylic acids is 1. The van der Waals surface area contributed by atoms with E-state index in [1.54, 1.807) is 23.1 Å². The first-order valence-electron chi connectivity index (χ1n) is 6.70. The SMILES string of the molecule is C=CCN(C(=O)c1cc(OC)c(OC)cc1N)C(C)(C)C. The molecule has 1 aromatic rings. The summed E-state index contributed by atoms with van der Waals surface area (Å²) in [4.78, 5) is 14.5. The maximum Gasteiger partial charge on any atom is 0.256 e. The minimum absolute atomic E-state index is 0.166. The zero-order valence-electron chi connectivity index (χ0n) is 13.4. The molecule has 0 spiro atoms. The van der Waals surface area contributed by atoms with Gasteiger partial charge < -0.3 is 20.1 Å². The van der Waals surface area contributed by atoms with Crippen molar-refractivity contribution in [1.82, 2.24) is 4.90 Å². The van der Waals surface area contributed by atoms with Gasteiger partial charge in [0, 0.05) is 23.8 Å². The van der Waals surface area contributed by atoms with Crippen LogP contribution >= 0.6 is 0 Å². The summed E-state index contributed by atoms with van der Waals surface area (Å²) in [6.07, 6.45) is 1.69. The van der Waals surface area contributed by atoms with Crippen LogP contribution in [0.15, 0.2) is 24.8 Å². The van der Waals surface area contributed by atoms with Crippen LogP contribution in [0.2, 0.25) is 0 Å². The highest BCUT2D eigenvalue weighted by Crippen LogP contribution is 2.33. The molecule has 0 bridgehead atoms. The third-order valence-electron chi connectivity index (χ3n) is 3.15. The summed E-state index contributed by atoms with van der Waals surface area (Å²) in [5.74, 6) is 0.806. The second-order valence-electron chi connectivity index (χ2n) is 5.67. The number of benzene rings is 1. The third kappa shape index (κ3) is 3.68. The monoisotopic (exact) mass is 292 g/mol. The van der Waals surface area contributed by atoms with Crippen LogP contribution in [-0.4, -0.2) is 37.1 Å². The van der Waals surface area contributed by atoms with Crippen molar-refractivity contribution in [3.63, 3.8) is 0 Å². The van der Waals surface area contributed by atoms with Gasteiger partial charge in [-0.1, -0.05) is 6.08 Å². The maximum atomic E-state index is 12.8. The summed E-state index contributed by atoms with van der Waals surface area (Å²) in [7, 11) is 3.05. The van der Waals surface area contributed by atoms with Crippen LogP contribution in [0.4, 0.5) is 5.69 Å². The average molecular weight is 292 g/mol. The molecule has 0 saturated carbocycles. The smallest absolute Gasteiger partial charge is 0.256 e. The number of anilines is 1. The van der Waals surface area contributed by atoms with Gasteiger partial charge in [0.2, 0.25) is 0 Å². The van der Waals surface area contributed by atoms with Gasteiger partial charge in [0.1, 0.15) is 0 Å². The van der Waals surface area contributed by atoms with Gasteiger partial charge in [0.25, 0.3) is 5.91 Å². The van der Waals surface area contributed by atoms with E-state index < -0.39 is 0 Å². The van der Waals surface area contributed by atoms with Crippen LogP contribution in [0.25, 0.3) is 0 Å². The largest absolute Gasteiger partial charge is 0.493 e. The number of rotatable bonds is 5. The van der Waals surface area contributed by atoms with E-state index in [4.69, 9.17) is 15.2 Å². The Morgan fingerprint density at radius 3 is 2.24 bits per heavy atom. The Hall–Kier alpha value is -2.17. The van der Waals surface area contributed by atoms with Gasteiger partial charge in [-0.3, -0.25) is 4.79 Å². The average Bonchev–Trinajstić information content (AvgIpc) is 2.42. The Kier molecular flexibility index (Phi) is 5.24. The van der Waals surface area contributed by atoms with Gasteiger partial charge in [0.05, 0.1) is 19.8 Å². The molecule has 0 aromatic heterocycles. The van der Waals surface area contributed by atoms with E-state index in [2.05, 4.69) is 6.58 Å². The third-order valence-corrected chi connectivity index (χ3v) is 3.15. The molecule has 21 heavy (non-hydrogen) atoms. The molecule has 1 aromatic carbocycles. The molecule has 0 aliphatic rings. The van der Waals surface area contributed by atoms with Crippen molar-refractivity contribution in [2.75, 3.05) is 26.5 Å². The van der Waals surface area contributed by atoms with E-state index in [-0.39, 0.29) is 11.4 Å². The highest BCUT2D eigenvalue weighted by atomic mass is 16.5. The number of nitrogens with two attached hydrogens (primary N) is 1. The molecule has 116 valence electrons. The summed E-state index contributed by atoms with van der Waals surface area (Å²) in [6.45, 7) is 10.0. The molecule has 5 heteroatoms. The lowest BCUT2D eigenvalue weighted by Gasteiger charge is -2.35. The molecule has 0 saturated heterocycles. The van der Waals surface area contributed by atoms with Crippen LogP contribution in [0.1, 0.15) is 31.1 Å². The Morgan fingerprint density at radius 2 is 1.81 bits per heavy atom. The molecular weight excluding hydrogens is 268 g/mol. The van der Waals surface area contributed by atoms with Crippen LogP contribution in [0, 0.1) is 0 Å². The quantitative estimate of drug-likeness (QED) is 0.669. The van der Waals surface area contributed by atoms with Gasteiger partial charge in [-0.2, -0.15) is 0 Å². The van der Waals surface area contributed by atoms with Crippen molar-refractivity contribution in [2.24, 2.45) is 0 Å². The molecule has 0 aliphatic carbocycles. The topological polar surface area (TPSA) is 64.8 Å². The molecule has 0 aliphatic heterocycles. The molecule has 0 unspecified atom stereocenters. The highest BCUT2D eigenvalue weighted by Gasteiger charge is 2.28. The van der Waals surface area contributed by atoms with E-state index in [1.807, 2.05) is 20.8 Å². The number of nitrogen functional groups attached to an aromatic ring is 1. The number of hydrogen-bond acceptors (Lipinski definition) is 4. The van der Waals surface area contributed by atoms with Gasteiger partial charge in [-0.15, -0.1) is 6.58 Å². The number of amides is 1. The molecule has 1 amide bonds. The van der Waals surface area contributed by atoms with E-state index >= 15 is 0 Å². The molecule has 0 radical (unpaired) electrons. The summed E-state index contributed by atoms with van der Waals surface area (Å²) in [6, 6.07) is 3.21. The fourth-order valence-corrected chi connectivity index (χ4v) is 2.02. The normalized spacial score (nSPS) is 10.9. The van der Waals surface area contributed by atoms with Crippen LogP contribution in [0.3, 0.4) is 0 Å². The number of methoxy groups -OCH3 is 2. The number of ether oxygens (including phenoxy) is 2. The van der Waals surface area contributed by atoms with Crippen LogP contribution in [0.5, 0.6) is 11.5 Å². The Bertz CT molecular complexity index is 533. The van der Waals surface area contributed by atoms with Crippen molar-refractivity contribution < 1.29 is 14.3 Å². The molecule has 2 N–H and O–H groups in total. The lowest BCUT2D eigenvalue weighted by molar-refractivity contribution is 0.0617. The second-order valence-corrected chi connectivity index (χ2v) is 5.67. The van der Waals surface area contributed by atoms with E-state index in [0.717, 1.165) is 0 Å². The number of nitrogens with zero attached hydrogens (tertiary/aromatic N) is 1. The van der Waals surface area contributed by atoms with Crippen molar-refractivity contribution in [3.05, 3.63) is 30.4 Å². The molecule has 0 atom stereocenters. The Labute approximate surface area is 126 Å². The molecule has 0 heterocycles. The predicted molar refractivity (Wildman–Crippen MR) is 84.9 cm³/mol. The maximum absolute atomic E-state index is 12.8. The zero-order chi connectivity index (χ0) is 16.2. The Morgan fingerprint density at radius 1 is 1.29 bits per heavy atom. The minimum atomic E-state index is -0.342.